The molecule has 0 aliphatic heterocycles. The summed E-state index contributed by atoms with van der Waals surface area (Å²) in [5, 5.41) is 19.4. The molecule has 0 rings (SSSR count). The van der Waals surface area contributed by atoms with E-state index in [1.165, 1.54) is 0 Å². The Morgan fingerprint density at radius 1 is 0.792 bits per heavy atom. The van der Waals surface area contributed by atoms with Crippen LogP contribution in [0.2, 0.25) is 44.8 Å². The highest BCUT2D eigenvalue weighted by molar-refractivity contribution is 6.81. The van der Waals surface area contributed by atoms with Crippen molar-refractivity contribution in [3.63, 3.8) is 0 Å². The minimum absolute atomic E-state index is 0.517. The average molecular weight is 398 g/mol. The van der Waals surface area contributed by atoms with Crippen LogP contribution >= 0.6 is 0 Å². The van der Waals surface area contributed by atoms with Gasteiger partial charge in [-0.15, -0.1) is 0 Å². The SMILES string of the molecule is CCOC(O)CC[Si](C)(C)O[Si](C)O[Si](C)(C)CCC(O)OCC. The van der Waals surface area contributed by atoms with Crippen LogP contribution in [0.4, 0.5) is 0 Å². The zero-order valence-corrected chi connectivity index (χ0v) is 19.4. The van der Waals surface area contributed by atoms with Gasteiger partial charge in [0.1, 0.15) is 0 Å². The molecule has 24 heavy (non-hydrogen) atoms. The first-order valence-electron chi connectivity index (χ1n) is 8.82. The highest BCUT2D eigenvalue weighted by Gasteiger charge is 2.32. The number of hydrogen-bond donors (Lipinski definition) is 2. The molecule has 1 radical (unpaired) electrons. The monoisotopic (exact) mass is 397 g/mol. The maximum Gasteiger partial charge on any atom is 0.359 e. The summed E-state index contributed by atoms with van der Waals surface area (Å²) in [5.74, 6) is 0. The summed E-state index contributed by atoms with van der Waals surface area (Å²) < 4.78 is 22.8. The summed E-state index contributed by atoms with van der Waals surface area (Å²) in [5.41, 5.74) is 0. The Morgan fingerprint density at radius 2 is 1.12 bits per heavy atom. The van der Waals surface area contributed by atoms with E-state index in [0.29, 0.717) is 26.1 Å². The molecular weight excluding hydrogens is 360 g/mol. The molecule has 0 aliphatic carbocycles. The van der Waals surface area contributed by atoms with Crippen molar-refractivity contribution in [2.75, 3.05) is 13.2 Å². The molecule has 0 heterocycles. The van der Waals surface area contributed by atoms with Crippen LogP contribution < -0.4 is 0 Å². The van der Waals surface area contributed by atoms with Gasteiger partial charge in [0.15, 0.2) is 29.2 Å². The van der Waals surface area contributed by atoms with Crippen molar-refractivity contribution in [2.24, 2.45) is 0 Å². The maximum atomic E-state index is 9.69. The highest BCUT2D eigenvalue weighted by Crippen LogP contribution is 2.21. The van der Waals surface area contributed by atoms with Crippen molar-refractivity contribution in [3.8, 4) is 0 Å². The highest BCUT2D eigenvalue weighted by atomic mass is 28.4. The van der Waals surface area contributed by atoms with Gasteiger partial charge in [-0.25, -0.2) is 0 Å². The number of rotatable bonds is 14. The van der Waals surface area contributed by atoms with Crippen molar-refractivity contribution in [2.45, 2.75) is 84.1 Å². The zero-order valence-electron chi connectivity index (χ0n) is 16.4. The number of ether oxygens (including phenoxy) is 2. The van der Waals surface area contributed by atoms with Crippen LogP contribution in [0.3, 0.4) is 0 Å². The molecule has 2 atom stereocenters. The van der Waals surface area contributed by atoms with Crippen LogP contribution in [0.15, 0.2) is 0 Å². The van der Waals surface area contributed by atoms with Crippen molar-refractivity contribution in [1.82, 2.24) is 0 Å². The van der Waals surface area contributed by atoms with E-state index >= 15 is 0 Å². The Hall–Kier alpha value is 0.411. The lowest BCUT2D eigenvalue weighted by Gasteiger charge is -2.32. The maximum absolute atomic E-state index is 9.69. The summed E-state index contributed by atoms with van der Waals surface area (Å²) in [4.78, 5) is 0. The Kier molecular flexibility index (Phi) is 12.1. The fourth-order valence-electron chi connectivity index (χ4n) is 2.39. The third-order valence-electron chi connectivity index (χ3n) is 3.54. The zero-order chi connectivity index (χ0) is 18.8. The van der Waals surface area contributed by atoms with Gasteiger partial charge in [-0.1, -0.05) is 0 Å². The molecule has 0 fully saturated rings. The molecule has 2 N–H and O–H groups in total. The molecule has 0 aromatic heterocycles. The number of aliphatic hydroxyl groups excluding tert-OH is 2. The summed E-state index contributed by atoms with van der Waals surface area (Å²) in [6.07, 6.45) is -0.206. The predicted molar refractivity (Wildman–Crippen MR) is 103 cm³/mol. The molecule has 0 aromatic carbocycles. The van der Waals surface area contributed by atoms with E-state index in [4.69, 9.17) is 17.7 Å². The van der Waals surface area contributed by atoms with E-state index in [1.54, 1.807) is 0 Å². The quantitative estimate of drug-likeness (QED) is 0.346. The minimum atomic E-state index is -1.89. The summed E-state index contributed by atoms with van der Waals surface area (Å²) >= 11 is 0. The Labute approximate surface area is 151 Å². The second-order valence-corrected chi connectivity index (χ2v) is 17.8. The minimum Gasteiger partial charge on any atom is -0.436 e. The second kappa shape index (κ2) is 11.9. The fourth-order valence-corrected chi connectivity index (χ4v) is 11.9. The van der Waals surface area contributed by atoms with Gasteiger partial charge in [0.25, 0.3) is 0 Å². The van der Waals surface area contributed by atoms with Gasteiger partial charge in [-0.2, -0.15) is 0 Å². The van der Waals surface area contributed by atoms with E-state index in [0.717, 1.165) is 12.1 Å². The molecule has 0 saturated heterocycles. The Balaban J connectivity index is 4.25. The van der Waals surface area contributed by atoms with Crippen LogP contribution in [-0.4, -0.2) is 61.9 Å². The van der Waals surface area contributed by atoms with Crippen LogP contribution in [0.25, 0.3) is 0 Å². The van der Waals surface area contributed by atoms with Crippen molar-refractivity contribution < 1.29 is 27.9 Å². The van der Waals surface area contributed by atoms with Crippen LogP contribution in [0.5, 0.6) is 0 Å². The molecule has 0 aliphatic rings. The predicted octanol–water partition coefficient (Wildman–Crippen LogP) is 3.04. The lowest BCUT2D eigenvalue weighted by molar-refractivity contribution is -0.0960. The molecule has 0 aromatic rings. The van der Waals surface area contributed by atoms with E-state index in [9.17, 15) is 10.2 Å². The summed E-state index contributed by atoms with van der Waals surface area (Å²) in [6, 6.07) is 1.68. The van der Waals surface area contributed by atoms with Crippen LogP contribution in [-0.2, 0) is 17.7 Å². The first-order chi connectivity index (χ1) is 11.0. The van der Waals surface area contributed by atoms with Gasteiger partial charge >= 0.3 is 9.28 Å². The van der Waals surface area contributed by atoms with E-state index in [1.807, 2.05) is 20.4 Å². The van der Waals surface area contributed by atoms with E-state index in [-0.39, 0.29) is 0 Å². The molecular formula is C15H37O6Si3. The summed E-state index contributed by atoms with van der Waals surface area (Å²) in [6.45, 7) is 15.4. The second-order valence-electron chi connectivity index (χ2n) is 7.11. The third-order valence-corrected chi connectivity index (χ3v) is 13.3. The first-order valence-corrected chi connectivity index (χ1v) is 16.9. The normalized spacial score (nSPS) is 15.8. The Bertz CT molecular complexity index is 300. The van der Waals surface area contributed by atoms with Gasteiger partial charge in [0, 0.05) is 13.2 Å². The number of aliphatic hydroxyl groups is 2. The molecule has 6 nitrogen and oxygen atoms in total. The molecule has 0 saturated carbocycles. The van der Waals surface area contributed by atoms with Crippen LogP contribution in [0.1, 0.15) is 26.7 Å². The van der Waals surface area contributed by atoms with Gasteiger partial charge in [-0.05, 0) is 71.5 Å². The topological polar surface area (TPSA) is 77.4 Å². The molecule has 2 unspecified atom stereocenters. The third kappa shape index (κ3) is 12.7. The van der Waals surface area contributed by atoms with Gasteiger partial charge in [-0.3, -0.25) is 0 Å². The van der Waals surface area contributed by atoms with Crippen LogP contribution in [0, 0.1) is 0 Å². The molecule has 145 valence electrons. The van der Waals surface area contributed by atoms with Crippen molar-refractivity contribution in [1.29, 1.82) is 0 Å². The average Bonchev–Trinajstić information content (AvgIpc) is 2.43. The lowest BCUT2D eigenvalue weighted by Crippen LogP contribution is -2.44. The van der Waals surface area contributed by atoms with Gasteiger partial charge in [0.2, 0.25) is 0 Å². The molecule has 9 heteroatoms. The van der Waals surface area contributed by atoms with Crippen molar-refractivity contribution >= 4 is 25.9 Å². The van der Waals surface area contributed by atoms with E-state index < -0.39 is 38.5 Å². The largest absolute Gasteiger partial charge is 0.436 e. The van der Waals surface area contributed by atoms with E-state index in [2.05, 4.69) is 26.2 Å². The smallest absolute Gasteiger partial charge is 0.359 e. The molecule has 0 amide bonds. The van der Waals surface area contributed by atoms with Crippen molar-refractivity contribution in [3.05, 3.63) is 0 Å². The fraction of sp³-hybridized carbons (Fsp3) is 1.00. The molecule has 0 spiro atoms. The first kappa shape index (κ1) is 24.4. The van der Waals surface area contributed by atoms with Gasteiger partial charge < -0.3 is 27.9 Å². The standard InChI is InChI=1S/C15H37O6Si3/c1-8-18-14(16)10-12-23(4,5)20-22(3)21-24(6,7)13-11-15(17)19-9-2/h14-17H,8-13H2,1-7H3. The molecule has 0 bridgehead atoms. The number of hydrogen-bond acceptors (Lipinski definition) is 6. The Morgan fingerprint density at radius 3 is 1.42 bits per heavy atom. The summed E-state index contributed by atoms with van der Waals surface area (Å²) in [7, 11) is -5.12. The van der Waals surface area contributed by atoms with Gasteiger partial charge in [0.05, 0.1) is 0 Å². The lowest BCUT2D eigenvalue weighted by atomic mass is 10.5.